The molecule has 27 heavy (non-hydrogen) atoms. The maximum atomic E-state index is 12.4. The second kappa shape index (κ2) is 9.11. The Kier molecular flexibility index (Phi) is 6.10. The summed E-state index contributed by atoms with van der Waals surface area (Å²) in [6.07, 6.45) is 6.52. The van der Waals surface area contributed by atoms with Crippen molar-refractivity contribution in [3.63, 3.8) is 0 Å². The van der Waals surface area contributed by atoms with Crippen molar-refractivity contribution in [1.82, 2.24) is 0 Å². The summed E-state index contributed by atoms with van der Waals surface area (Å²) in [5.74, 6) is -0.363. The molecule has 1 amide bonds. The third-order valence-electron chi connectivity index (χ3n) is 3.87. The van der Waals surface area contributed by atoms with Gasteiger partial charge in [-0.1, -0.05) is 78.9 Å². The predicted octanol–water partition coefficient (Wildman–Crippen LogP) is 5.23. The molecule has 0 aromatic heterocycles. The van der Waals surface area contributed by atoms with Crippen molar-refractivity contribution in [2.45, 2.75) is 0 Å². The molecule has 0 aliphatic rings. The molecule has 0 unspecified atom stereocenters. The van der Waals surface area contributed by atoms with Crippen molar-refractivity contribution in [3.05, 3.63) is 114 Å². The number of carbonyl (C=O) groups is 2. The molecule has 0 fully saturated rings. The average molecular weight is 353 g/mol. The first-order chi connectivity index (χ1) is 13.2. The zero-order valence-corrected chi connectivity index (χ0v) is 14.7. The molecule has 0 atom stereocenters. The maximum absolute atomic E-state index is 12.4. The highest BCUT2D eigenvalue weighted by Gasteiger charge is 2.04. The molecule has 0 saturated heterocycles. The van der Waals surface area contributed by atoms with Gasteiger partial charge in [-0.05, 0) is 35.4 Å². The lowest BCUT2D eigenvalue weighted by Gasteiger charge is -2.04. The van der Waals surface area contributed by atoms with Gasteiger partial charge in [-0.25, -0.2) is 0 Å². The van der Waals surface area contributed by atoms with Crippen LogP contribution < -0.4 is 5.32 Å². The van der Waals surface area contributed by atoms with Crippen LogP contribution in [-0.4, -0.2) is 11.7 Å². The molecule has 3 aromatic carbocycles. The highest BCUT2D eigenvalue weighted by molar-refractivity contribution is 6.08. The van der Waals surface area contributed by atoms with E-state index in [-0.39, 0.29) is 11.7 Å². The first-order valence-electron chi connectivity index (χ1n) is 8.62. The van der Waals surface area contributed by atoms with Gasteiger partial charge in [0.1, 0.15) is 0 Å². The SMILES string of the molecule is O=C(/C=C/c1ccccc1)Nc1cccc(C(=O)/C=C/c2ccccc2)c1. The van der Waals surface area contributed by atoms with Gasteiger partial charge in [-0.15, -0.1) is 0 Å². The molecule has 1 N–H and O–H groups in total. The van der Waals surface area contributed by atoms with Crippen molar-refractivity contribution in [2.24, 2.45) is 0 Å². The summed E-state index contributed by atoms with van der Waals surface area (Å²) in [6.45, 7) is 0. The number of anilines is 1. The summed E-state index contributed by atoms with van der Waals surface area (Å²) in [7, 11) is 0. The monoisotopic (exact) mass is 353 g/mol. The second-order valence-electron chi connectivity index (χ2n) is 5.92. The number of benzene rings is 3. The van der Waals surface area contributed by atoms with Gasteiger partial charge in [0.05, 0.1) is 0 Å². The van der Waals surface area contributed by atoms with Gasteiger partial charge in [-0.2, -0.15) is 0 Å². The minimum Gasteiger partial charge on any atom is -0.322 e. The molecule has 0 spiro atoms. The molecular formula is C24H19NO2. The van der Waals surface area contributed by atoms with Crippen LogP contribution in [0, 0.1) is 0 Å². The van der Waals surface area contributed by atoms with Crippen LogP contribution in [0.5, 0.6) is 0 Å². The Morgan fingerprint density at radius 3 is 1.89 bits per heavy atom. The standard InChI is InChI=1S/C24H19NO2/c26-23(16-14-19-8-3-1-4-9-19)21-12-7-13-22(18-21)25-24(27)17-15-20-10-5-2-6-11-20/h1-18H,(H,25,27)/b16-14+,17-15+. The number of hydrogen-bond donors (Lipinski definition) is 1. The van der Waals surface area contributed by atoms with E-state index in [2.05, 4.69) is 5.32 Å². The number of carbonyl (C=O) groups excluding carboxylic acids is 2. The molecule has 132 valence electrons. The van der Waals surface area contributed by atoms with E-state index in [9.17, 15) is 9.59 Å². The third kappa shape index (κ3) is 5.65. The minimum absolute atomic E-state index is 0.116. The van der Waals surface area contributed by atoms with Crippen molar-refractivity contribution >= 4 is 29.5 Å². The van der Waals surface area contributed by atoms with Gasteiger partial charge in [0.25, 0.3) is 0 Å². The van der Waals surface area contributed by atoms with Gasteiger partial charge in [0, 0.05) is 17.3 Å². The predicted molar refractivity (Wildman–Crippen MR) is 110 cm³/mol. The zero-order chi connectivity index (χ0) is 18.9. The highest BCUT2D eigenvalue weighted by atomic mass is 16.1. The molecule has 3 heteroatoms. The quantitative estimate of drug-likeness (QED) is 0.487. The van der Waals surface area contributed by atoms with Crippen molar-refractivity contribution in [1.29, 1.82) is 0 Å². The summed E-state index contributed by atoms with van der Waals surface area (Å²) < 4.78 is 0. The van der Waals surface area contributed by atoms with Crippen molar-refractivity contribution in [3.8, 4) is 0 Å². The highest BCUT2D eigenvalue weighted by Crippen LogP contribution is 2.13. The van der Waals surface area contributed by atoms with Crippen LogP contribution in [0.1, 0.15) is 21.5 Å². The molecule has 3 aromatic rings. The van der Waals surface area contributed by atoms with E-state index in [0.717, 1.165) is 11.1 Å². The Morgan fingerprint density at radius 1 is 0.667 bits per heavy atom. The molecule has 0 aliphatic carbocycles. The Hall–Kier alpha value is -3.72. The molecule has 0 heterocycles. The molecular weight excluding hydrogens is 334 g/mol. The summed E-state index contributed by atoms with van der Waals surface area (Å²) >= 11 is 0. The second-order valence-corrected chi connectivity index (χ2v) is 5.92. The molecule has 0 saturated carbocycles. The molecule has 0 radical (unpaired) electrons. The normalized spacial score (nSPS) is 11.0. The van der Waals surface area contributed by atoms with E-state index >= 15 is 0 Å². The van der Waals surface area contributed by atoms with Crippen LogP contribution in [0.25, 0.3) is 12.2 Å². The first-order valence-corrected chi connectivity index (χ1v) is 8.62. The number of hydrogen-bond acceptors (Lipinski definition) is 2. The Labute approximate surface area is 158 Å². The number of rotatable bonds is 6. The minimum atomic E-state index is -0.247. The van der Waals surface area contributed by atoms with E-state index < -0.39 is 0 Å². The fraction of sp³-hybridized carbons (Fsp3) is 0. The number of amides is 1. The first kappa shape index (κ1) is 18.1. The fourth-order valence-corrected chi connectivity index (χ4v) is 2.50. The van der Waals surface area contributed by atoms with E-state index in [1.807, 2.05) is 60.7 Å². The number of allylic oxidation sites excluding steroid dienone is 1. The maximum Gasteiger partial charge on any atom is 0.248 e. The number of nitrogens with one attached hydrogen (secondary N) is 1. The molecule has 0 aliphatic heterocycles. The molecule has 3 rings (SSSR count). The van der Waals surface area contributed by atoms with E-state index in [4.69, 9.17) is 0 Å². The van der Waals surface area contributed by atoms with E-state index in [1.54, 1.807) is 36.4 Å². The van der Waals surface area contributed by atoms with Gasteiger partial charge in [0.15, 0.2) is 5.78 Å². The van der Waals surface area contributed by atoms with Crippen LogP contribution in [0.4, 0.5) is 5.69 Å². The van der Waals surface area contributed by atoms with Crippen LogP contribution in [-0.2, 0) is 4.79 Å². The van der Waals surface area contributed by atoms with E-state index in [0.29, 0.717) is 11.3 Å². The van der Waals surface area contributed by atoms with Gasteiger partial charge < -0.3 is 5.32 Å². The summed E-state index contributed by atoms with van der Waals surface area (Å²) in [4.78, 5) is 24.4. The van der Waals surface area contributed by atoms with Crippen LogP contribution in [0.2, 0.25) is 0 Å². The average Bonchev–Trinajstić information content (AvgIpc) is 2.72. The Bertz CT molecular complexity index is 974. The fourth-order valence-electron chi connectivity index (χ4n) is 2.50. The molecule has 0 bridgehead atoms. The van der Waals surface area contributed by atoms with Gasteiger partial charge in [0.2, 0.25) is 5.91 Å². The summed E-state index contributed by atoms with van der Waals surface area (Å²) in [5.41, 5.74) is 3.01. The lowest BCUT2D eigenvalue weighted by atomic mass is 10.1. The van der Waals surface area contributed by atoms with Crippen molar-refractivity contribution in [2.75, 3.05) is 5.32 Å². The van der Waals surface area contributed by atoms with Crippen LogP contribution >= 0.6 is 0 Å². The summed E-state index contributed by atoms with van der Waals surface area (Å²) in [6, 6.07) is 26.1. The largest absolute Gasteiger partial charge is 0.322 e. The lowest BCUT2D eigenvalue weighted by molar-refractivity contribution is -0.111. The number of ketones is 1. The Balaban J connectivity index is 1.64. The molecule has 3 nitrogen and oxygen atoms in total. The smallest absolute Gasteiger partial charge is 0.248 e. The van der Waals surface area contributed by atoms with Crippen molar-refractivity contribution < 1.29 is 9.59 Å². The van der Waals surface area contributed by atoms with Crippen LogP contribution in [0.15, 0.2) is 97.1 Å². The Morgan fingerprint density at radius 2 is 1.26 bits per heavy atom. The van der Waals surface area contributed by atoms with Crippen LogP contribution in [0.3, 0.4) is 0 Å². The summed E-state index contributed by atoms with van der Waals surface area (Å²) in [5, 5.41) is 2.78. The van der Waals surface area contributed by atoms with Gasteiger partial charge >= 0.3 is 0 Å². The van der Waals surface area contributed by atoms with Gasteiger partial charge in [-0.3, -0.25) is 9.59 Å². The topological polar surface area (TPSA) is 46.2 Å². The van der Waals surface area contributed by atoms with E-state index in [1.165, 1.54) is 12.2 Å². The zero-order valence-electron chi connectivity index (χ0n) is 14.7. The third-order valence-corrected chi connectivity index (χ3v) is 3.87. The lowest BCUT2D eigenvalue weighted by Crippen LogP contribution is -2.08.